The molecular formula is C16H16ClFN2O. The molecule has 5 heteroatoms. The van der Waals surface area contributed by atoms with Crippen molar-refractivity contribution in [3.8, 4) is 0 Å². The Morgan fingerprint density at radius 1 is 1.05 bits per heavy atom. The van der Waals surface area contributed by atoms with E-state index in [-0.39, 0.29) is 17.5 Å². The summed E-state index contributed by atoms with van der Waals surface area (Å²) in [5.41, 5.74) is 1.67. The van der Waals surface area contributed by atoms with E-state index < -0.39 is 5.82 Å². The molecule has 110 valence electrons. The SMILES string of the molecule is O=C(CNCc1cccc(F)c1Cl)NCc1ccccc1. The fourth-order valence-electron chi connectivity index (χ4n) is 1.85. The number of nitrogens with one attached hydrogen (secondary N) is 2. The van der Waals surface area contributed by atoms with Gasteiger partial charge in [0.25, 0.3) is 0 Å². The molecule has 1 amide bonds. The first-order valence-corrected chi connectivity index (χ1v) is 6.99. The molecule has 21 heavy (non-hydrogen) atoms. The molecule has 3 nitrogen and oxygen atoms in total. The van der Waals surface area contributed by atoms with Gasteiger partial charge in [0.1, 0.15) is 5.82 Å². The van der Waals surface area contributed by atoms with E-state index in [2.05, 4.69) is 10.6 Å². The molecule has 0 bridgehead atoms. The summed E-state index contributed by atoms with van der Waals surface area (Å²) in [5, 5.41) is 5.84. The van der Waals surface area contributed by atoms with Crippen molar-refractivity contribution in [1.29, 1.82) is 0 Å². The predicted octanol–water partition coefficient (Wildman–Crippen LogP) is 2.89. The molecular weight excluding hydrogens is 291 g/mol. The molecule has 0 saturated heterocycles. The largest absolute Gasteiger partial charge is 0.351 e. The summed E-state index contributed by atoms with van der Waals surface area (Å²) in [6.45, 7) is 0.983. The number of carbonyl (C=O) groups excluding carboxylic acids is 1. The van der Waals surface area contributed by atoms with Gasteiger partial charge in [0.15, 0.2) is 0 Å². The van der Waals surface area contributed by atoms with Gasteiger partial charge in [0, 0.05) is 13.1 Å². The van der Waals surface area contributed by atoms with Crippen LogP contribution in [0.25, 0.3) is 0 Å². The van der Waals surface area contributed by atoms with Crippen LogP contribution in [0.5, 0.6) is 0 Å². The van der Waals surface area contributed by atoms with Crippen molar-refractivity contribution in [3.05, 3.63) is 70.5 Å². The standard InChI is InChI=1S/C16H16ClFN2O/c17-16-13(7-4-8-14(16)18)10-19-11-15(21)20-9-12-5-2-1-3-6-12/h1-8,19H,9-11H2,(H,20,21). The fourth-order valence-corrected chi connectivity index (χ4v) is 2.05. The van der Waals surface area contributed by atoms with E-state index in [1.807, 2.05) is 30.3 Å². The monoisotopic (exact) mass is 306 g/mol. The van der Waals surface area contributed by atoms with Crippen molar-refractivity contribution < 1.29 is 9.18 Å². The average Bonchev–Trinajstić information content (AvgIpc) is 2.50. The molecule has 0 heterocycles. The van der Waals surface area contributed by atoms with E-state index in [0.29, 0.717) is 18.7 Å². The molecule has 0 spiro atoms. The van der Waals surface area contributed by atoms with Gasteiger partial charge < -0.3 is 10.6 Å². The molecule has 2 aromatic rings. The van der Waals surface area contributed by atoms with Gasteiger partial charge in [0.2, 0.25) is 5.91 Å². The lowest BCUT2D eigenvalue weighted by atomic mass is 10.2. The zero-order chi connectivity index (χ0) is 15.1. The van der Waals surface area contributed by atoms with Crippen LogP contribution in [0.4, 0.5) is 4.39 Å². The number of amides is 1. The topological polar surface area (TPSA) is 41.1 Å². The molecule has 2 rings (SSSR count). The molecule has 0 aliphatic carbocycles. The van der Waals surface area contributed by atoms with Crippen LogP contribution in [0.1, 0.15) is 11.1 Å². The smallest absolute Gasteiger partial charge is 0.234 e. The van der Waals surface area contributed by atoms with Crippen LogP contribution in [-0.2, 0) is 17.9 Å². The van der Waals surface area contributed by atoms with Crippen LogP contribution in [0, 0.1) is 5.82 Å². The maximum atomic E-state index is 13.2. The van der Waals surface area contributed by atoms with Crippen LogP contribution in [0.2, 0.25) is 5.02 Å². The summed E-state index contributed by atoms with van der Waals surface area (Å²) in [4.78, 5) is 11.7. The number of benzene rings is 2. The Hall–Kier alpha value is -1.91. The predicted molar refractivity (Wildman–Crippen MR) is 81.4 cm³/mol. The Morgan fingerprint density at radius 2 is 1.81 bits per heavy atom. The van der Waals surface area contributed by atoms with E-state index >= 15 is 0 Å². The molecule has 0 aliphatic heterocycles. The minimum absolute atomic E-state index is 0.0923. The van der Waals surface area contributed by atoms with Gasteiger partial charge in [-0.1, -0.05) is 54.1 Å². The van der Waals surface area contributed by atoms with Crippen LogP contribution in [0.3, 0.4) is 0 Å². The highest BCUT2D eigenvalue weighted by atomic mass is 35.5. The Labute approximate surface area is 128 Å². The lowest BCUT2D eigenvalue weighted by Gasteiger charge is -2.08. The summed E-state index contributed by atoms with van der Waals surface area (Å²) < 4.78 is 13.2. The molecule has 0 saturated carbocycles. The Bertz CT molecular complexity index is 604. The van der Waals surface area contributed by atoms with E-state index in [1.54, 1.807) is 12.1 Å². The Morgan fingerprint density at radius 3 is 2.57 bits per heavy atom. The van der Waals surface area contributed by atoms with Gasteiger partial charge in [-0.25, -0.2) is 4.39 Å². The highest BCUT2D eigenvalue weighted by Crippen LogP contribution is 2.19. The molecule has 2 aromatic carbocycles. The van der Waals surface area contributed by atoms with Gasteiger partial charge in [0.05, 0.1) is 11.6 Å². The first kappa shape index (κ1) is 15.5. The summed E-state index contributed by atoms with van der Waals surface area (Å²) >= 11 is 5.83. The lowest BCUT2D eigenvalue weighted by Crippen LogP contribution is -2.33. The number of hydrogen-bond acceptors (Lipinski definition) is 2. The zero-order valence-electron chi connectivity index (χ0n) is 11.4. The number of carbonyl (C=O) groups is 1. The van der Waals surface area contributed by atoms with Gasteiger partial charge >= 0.3 is 0 Å². The highest BCUT2D eigenvalue weighted by Gasteiger charge is 2.06. The van der Waals surface area contributed by atoms with E-state index in [1.165, 1.54) is 6.07 Å². The van der Waals surface area contributed by atoms with E-state index in [4.69, 9.17) is 11.6 Å². The molecule has 0 aliphatic rings. The third-order valence-corrected chi connectivity index (χ3v) is 3.39. The quantitative estimate of drug-likeness (QED) is 0.861. The van der Waals surface area contributed by atoms with Gasteiger partial charge in [-0.05, 0) is 17.2 Å². The number of hydrogen-bond donors (Lipinski definition) is 2. The van der Waals surface area contributed by atoms with Crippen molar-refractivity contribution in [3.63, 3.8) is 0 Å². The van der Waals surface area contributed by atoms with Gasteiger partial charge in [-0.3, -0.25) is 4.79 Å². The summed E-state index contributed by atoms with van der Waals surface area (Å²) in [6, 6.07) is 14.3. The molecule has 0 aromatic heterocycles. The third-order valence-electron chi connectivity index (χ3n) is 2.97. The zero-order valence-corrected chi connectivity index (χ0v) is 12.2. The van der Waals surface area contributed by atoms with Crippen LogP contribution >= 0.6 is 11.6 Å². The number of rotatable bonds is 6. The van der Waals surface area contributed by atoms with Crippen molar-refractivity contribution in [1.82, 2.24) is 10.6 Å². The average molecular weight is 307 g/mol. The van der Waals surface area contributed by atoms with E-state index in [9.17, 15) is 9.18 Å². The minimum Gasteiger partial charge on any atom is -0.351 e. The van der Waals surface area contributed by atoms with Gasteiger partial charge in [-0.15, -0.1) is 0 Å². The van der Waals surface area contributed by atoms with Gasteiger partial charge in [-0.2, -0.15) is 0 Å². The Balaban J connectivity index is 1.73. The van der Waals surface area contributed by atoms with Crippen LogP contribution in [0.15, 0.2) is 48.5 Å². The normalized spacial score (nSPS) is 10.4. The van der Waals surface area contributed by atoms with Crippen molar-refractivity contribution in [2.75, 3.05) is 6.54 Å². The van der Waals surface area contributed by atoms with Crippen LogP contribution < -0.4 is 10.6 Å². The second kappa shape index (κ2) is 7.76. The minimum atomic E-state index is -0.454. The maximum absolute atomic E-state index is 13.2. The van der Waals surface area contributed by atoms with Crippen LogP contribution in [-0.4, -0.2) is 12.5 Å². The highest BCUT2D eigenvalue weighted by molar-refractivity contribution is 6.31. The van der Waals surface area contributed by atoms with Crippen molar-refractivity contribution in [2.24, 2.45) is 0 Å². The molecule has 0 atom stereocenters. The molecule has 2 N–H and O–H groups in total. The second-order valence-corrected chi connectivity index (χ2v) is 4.96. The summed E-state index contributed by atoms with van der Waals surface area (Å²) in [6.07, 6.45) is 0. The maximum Gasteiger partial charge on any atom is 0.234 e. The number of halogens is 2. The molecule has 0 fully saturated rings. The lowest BCUT2D eigenvalue weighted by molar-refractivity contribution is -0.120. The molecule has 0 radical (unpaired) electrons. The first-order chi connectivity index (χ1) is 10.2. The van der Waals surface area contributed by atoms with Crippen molar-refractivity contribution in [2.45, 2.75) is 13.1 Å². The fraction of sp³-hybridized carbons (Fsp3) is 0.188. The summed E-state index contributed by atoms with van der Waals surface area (Å²) in [7, 11) is 0. The van der Waals surface area contributed by atoms with E-state index in [0.717, 1.165) is 5.56 Å². The first-order valence-electron chi connectivity index (χ1n) is 6.61. The Kier molecular flexibility index (Phi) is 5.72. The summed E-state index contributed by atoms with van der Waals surface area (Å²) in [5.74, 6) is -0.573. The third kappa shape index (κ3) is 4.85. The molecule has 0 unspecified atom stereocenters. The second-order valence-electron chi connectivity index (χ2n) is 4.58. The van der Waals surface area contributed by atoms with Crippen molar-refractivity contribution >= 4 is 17.5 Å².